The van der Waals surface area contributed by atoms with Gasteiger partial charge in [-0.3, -0.25) is 0 Å². The average Bonchev–Trinajstić information content (AvgIpc) is 2.82. The van der Waals surface area contributed by atoms with E-state index < -0.39 is 5.97 Å². The number of hydrogen-bond acceptors (Lipinski definition) is 5. The largest absolute Gasteiger partial charge is 0.497 e. The Morgan fingerprint density at radius 2 is 1.68 bits per heavy atom. The van der Waals surface area contributed by atoms with Gasteiger partial charge in [-0.1, -0.05) is 37.8 Å². The van der Waals surface area contributed by atoms with Gasteiger partial charge in [0.15, 0.2) is 0 Å². The van der Waals surface area contributed by atoms with Crippen LogP contribution in [0.4, 0.5) is 0 Å². The second-order valence-electron chi connectivity index (χ2n) is 7.24. The van der Waals surface area contributed by atoms with Gasteiger partial charge < -0.3 is 14.2 Å². The molecule has 1 heterocycles. The van der Waals surface area contributed by atoms with Crippen LogP contribution in [-0.4, -0.2) is 31.8 Å². The average molecular weight is 446 g/mol. The number of carbonyl (C=O) groups excluding carboxylic acids is 1. The maximum Gasteiger partial charge on any atom is 0.330 e. The summed E-state index contributed by atoms with van der Waals surface area (Å²) in [5, 5.41) is 0. The predicted molar refractivity (Wildman–Crippen MR) is 125 cm³/mol. The third-order valence-corrected chi connectivity index (χ3v) is 5.21. The maximum atomic E-state index is 11.4. The smallest absolute Gasteiger partial charge is 0.330 e. The summed E-state index contributed by atoms with van der Waals surface area (Å²) in [7, 11) is 3.03. The zero-order chi connectivity index (χ0) is 22.3. The number of ether oxygens (including phenoxy) is 3. The fourth-order valence-electron chi connectivity index (χ4n) is 3.15. The fraction of sp³-hybridized carbons (Fsp3) is 0.440. The Balaban J connectivity index is 1.63. The lowest BCUT2D eigenvalue weighted by molar-refractivity contribution is -0.134. The predicted octanol–water partition coefficient (Wildman–Crippen LogP) is 5.98. The molecular weight excluding hydrogens is 414 g/mol. The first-order valence-corrected chi connectivity index (χ1v) is 11.3. The van der Waals surface area contributed by atoms with Crippen molar-refractivity contribution in [2.75, 3.05) is 20.8 Å². The van der Waals surface area contributed by atoms with Gasteiger partial charge in [0.25, 0.3) is 0 Å². The van der Waals surface area contributed by atoms with E-state index in [1.807, 2.05) is 24.3 Å². The molecule has 1 aromatic carbocycles. The van der Waals surface area contributed by atoms with Crippen LogP contribution in [0.1, 0.15) is 55.5 Å². The van der Waals surface area contributed by atoms with Crippen molar-refractivity contribution in [3.05, 3.63) is 59.4 Å². The summed E-state index contributed by atoms with van der Waals surface area (Å²) in [5.74, 6) is 1.42. The Hall–Kier alpha value is -2.53. The molecule has 1 aromatic heterocycles. The summed E-state index contributed by atoms with van der Waals surface area (Å²) in [6, 6.07) is 12.0. The van der Waals surface area contributed by atoms with Crippen LogP contribution in [0.3, 0.4) is 0 Å². The number of unbranched alkanes of at least 4 members (excludes halogenated alkanes) is 5. The van der Waals surface area contributed by atoms with Crippen LogP contribution < -0.4 is 9.47 Å². The molecule has 5 nitrogen and oxygen atoms in total. The molecule has 0 amide bonds. The van der Waals surface area contributed by atoms with E-state index in [-0.39, 0.29) is 0 Å². The number of pyridine rings is 1. The van der Waals surface area contributed by atoms with E-state index in [1.165, 1.54) is 44.4 Å². The normalized spacial score (nSPS) is 10.9. The van der Waals surface area contributed by atoms with Crippen LogP contribution in [0.15, 0.2) is 42.5 Å². The highest BCUT2D eigenvalue weighted by Crippen LogP contribution is 2.20. The molecule has 0 saturated heterocycles. The first-order chi connectivity index (χ1) is 15.2. The van der Waals surface area contributed by atoms with Crippen LogP contribution in [-0.2, 0) is 21.8 Å². The van der Waals surface area contributed by atoms with Crippen molar-refractivity contribution in [2.45, 2.75) is 50.8 Å². The minimum absolute atomic E-state index is 0.303. The SMILES string of the molecule is COC(=O)/C=C/c1nc(CCl)ccc1OCCCCCCCCc1ccc(OC)cc1. The molecule has 0 aliphatic carbocycles. The quantitative estimate of drug-likeness (QED) is 0.155. The molecule has 2 aromatic rings. The lowest BCUT2D eigenvalue weighted by Crippen LogP contribution is -2.02. The van der Waals surface area contributed by atoms with Crippen molar-refractivity contribution in [3.8, 4) is 11.5 Å². The summed E-state index contributed by atoms with van der Waals surface area (Å²) in [6.07, 6.45) is 11.0. The number of halogens is 1. The second kappa shape index (κ2) is 14.5. The van der Waals surface area contributed by atoms with Gasteiger partial charge in [-0.25, -0.2) is 9.78 Å². The first-order valence-electron chi connectivity index (χ1n) is 10.7. The zero-order valence-electron chi connectivity index (χ0n) is 18.4. The van der Waals surface area contributed by atoms with Crippen molar-refractivity contribution in [1.82, 2.24) is 4.98 Å². The molecule has 0 aliphatic rings. The number of methoxy groups -OCH3 is 2. The van der Waals surface area contributed by atoms with Crippen molar-refractivity contribution >= 4 is 23.6 Å². The number of carbonyl (C=O) groups is 1. The Morgan fingerprint density at radius 3 is 2.35 bits per heavy atom. The van der Waals surface area contributed by atoms with Crippen LogP contribution in [0.5, 0.6) is 11.5 Å². The first kappa shape index (κ1) is 24.7. The topological polar surface area (TPSA) is 57.7 Å². The molecule has 0 saturated carbocycles. The molecule has 0 bridgehead atoms. The summed E-state index contributed by atoms with van der Waals surface area (Å²) >= 11 is 5.86. The standard InChI is InChI=1S/C25H32ClNO4/c1-29-22-13-10-20(11-14-22)9-7-5-3-4-6-8-18-31-24-16-12-21(19-26)27-23(24)15-17-25(28)30-2/h10-17H,3-9,18-19H2,1-2H3/b17-15+. The van der Waals surface area contributed by atoms with Crippen LogP contribution in [0.25, 0.3) is 6.08 Å². The highest BCUT2D eigenvalue weighted by atomic mass is 35.5. The summed E-state index contributed by atoms with van der Waals surface area (Å²) in [5.41, 5.74) is 2.68. The third-order valence-electron chi connectivity index (χ3n) is 4.94. The van der Waals surface area contributed by atoms with E-state index in [9.17, 15) is 4.79 Å². The molecule has 0 unspecified atom stereocenters. The number of benzene rings is 1. The van der Waals surface area contributed by atoms with Gasteiger partial charge in [-0.2, -0.15) is 0 Å². The lowest BCUT2D eigenvalue weighted by atomic mass is 10.0. The molecule has 31 heavy (non-hydrogen) atoms. The maximum absolute atomic E-state index is 11.4. The zero-order valence-corrected chi connectivity index (χ0v) is 19.2. The number of alkyl halides is 1. The molecular formula is C25H32ClNO4. The lowest BCUT2D eigenvalue weighted by Gasteiger charge is -2.10. The minimum Gasteiger partial charge on any atom is -0.497 e. The molecule has 6 heteroatoms. The van der Waals surface area contributed by atoms with E-state index >= 15 is 0 Å². The molecule has 0 fully saturated rings. The Bertz CT molecular complexity index is 821. The Kier molecular flexibility index (Phi) is 11.5. The number of nitrogens with zero attached hydrogens (tertiary/aromatic N) is 1. The fourth-order valence-corrected chi connectivity index (χ4v) is 3.30. The van der Waals surface area contributed by atoms with E-state index in [2.05, 4.69) is 21.9 Å². The molecule has 0 spiro atoms. The molecule has 2 rings (SSSR count). The van der Waals surface area contributed by atoms with Crippen molar-refractivity contribution in [2.24, 2.45) is 0 Å². The van der Waals surface area contributed by atoms with Crippen LogP contribution in [0.2, 0.25) is 0 Å². The highest BCUT2D eigenvalue weighted by molar-refractivity contribution is 6.16. The van der Waals surface area contributed by atoms with Crippen molar-refractivity contribution < 1.29 is 19.0 Å². The van der Waals surface area contributed by atoms with Crippen molar-refractivity contribution in [3.63, 3.8) is 0 Å². The number of hydrogen-bond donors (Lipinski definition) is 0. The molecule has 0 aliphatic heterocycles. The number of aryl methyl sites for hydroxylation is 1. The van der Waals surface area contributed by atoms with Crippen LogP contribution in [0, 0.1) is 0 Å². The number of aromatic nitrogens is 1. The summed E-state index contributed by atoms with van der Waals surface area (Å²) in [4.78, 5) is 15.8. The van der Waals surface area contributed by atoms with Crippen molar-refractivity contribution in [1.29, 1.82) is 0 Å². The van der Waals surface area contributed by atoms with Gasteiger partial charge >= 0.3 is 5.97 Å². The minimum atomic E-state index is -0.434. The second-order valence-corrected chi connectivity index (χ2v) is 7.51. The summed E-state index contributed by atoms with van der Waals surface area (Å²) < 4.78 is 15.7. The molecule has 0 radical (unpaired) electrons. The van der Waals surface area contributed by atoms with Crippen LogP contribution >= 0.6 is 11.6 Å². The third kappa shape index (κ3) is 9.43. The van der Waals surface area contributed by atoms with E-state index in [0.717, 1.165) is 30.7 Å². The van der Waals surface area contributed by atoms with Gasteiger partial charge in [-0.05, 0) is 55.2 Å². The van der Waals surface area contributed by atoms with Gasteiger partial charge in [0.2, 0.25) is 0 Å². The molecule has 0 N–H and O–H groups in total. The monoisotopic (exact) mass is 445 g/mol. The summed E-state index contributed by atoms with van der Waals surface area (Å²) in [6.45, 7) is 0.618. The molecule has 168 valence electrons. The molecule has 0 atom stereocenters. The number of esters is 1. The van der Waals surface area contributed by atoms with E-state index in [0.29, 0.717) is 23.9 Å². The van der Waals surface area contributed by atoms with Gasteiger partial charge in [0.1, 0.15) is 17.2 Å². The Morgan fingerprint density at radius 1 is 0.968 bits per heavy atom. The van der Waals surface area contributed by atoms with Gasteiger partial charge in [-0.15, -0.1) is 11.6 Å². The van der Waals surface area contributed by atoms with E-state index in [1.54, 1.807) is 13.2 Å². The highest BCUT2D eigenvalue weighted by Gasteiger charge is 2.06. The van der Waals surface area contributed by atoms with E-state index in [4.69, 9.17) is 21.1 Å². The number of rotatable bonds is 14. The van der Waals surface area contributed by atoms with Gasteiger partial charge in [0, 0.05) is 6.08 Å². The van der Waals surface area contributed by atoms with Gasteiger partial charge in [0.05, 0.1) is 32.4 Å². The Labute approximate surface area is 190 Å².